The van der Waals surface area contributed by atoms with Crippen LogP contribution in [0.3, 0.4) is 0 Å². The summed E-state index contributed by atoms with van der Waals surface area (Å²) in [4.78, 5) is 37.7. The van der Waals surface area contributed by atoms with Gasteiger partial charge in [0.25, 0.3) is 5.91 Å². The lowest BCUT2D eigenvalue weighted by Gasteiger charge is -2.23. The van der Waals surface area contributed by atoms with Crippen LogP contribution in [0.2, 0.25) is 0 Å². The second-order valence-corrected chi connectivity index (χ2v) is 9.65. The first-order valence-corrected chi connectivity index (χ1v) is 11.9. The Kier molecular flexibility index (Phi) is 8.11. The molecule has 2 fully saturated rings. The van der Waals surface area contributed by atoms with Crippen LogP contribution < -0.4 is 15.4 Å². The summed E-state index contributed by atoms with van der Waals surface area (Å²) in [5.41, 5.74) is 1.26. The van der Waals surface area contributed by atoms with E-state index in [-0.39, 0.29) is 30.9 Å². The molecule has 2 aliphatic heterocycles. The fourth-order valence-corrected chi connectivity index (χ4v) is 6.28. The van der Waals surface area contributed by atoms with E-state index in [1.807, 2.05) is 47.8 Å². The van der Waals surface area contributed by atoms with Crippen LogP contribution in [-0.2, 0) is 14.4 Å². The molecule has 2 N–H and O–H groups in total. The van der Waals surface area contributed by atoms with Gasteiger partial charge in [0.2, 0.25) is 11.8 Å². The zero-order valence-corrected chi connectivity index (χ0v) is 18.2. The standard InChI is InChI=1S/C20H27N3O4S2/c1-21-19(26)16-4-2-9-23(16)18(25)12-22-17(24)13-27-15-7-5-14(6-8-15)20-28-10-3-11-29-20/h5-8,16,20H,2-4,9-13H2,1H3,(H,21,26)(H,22,24). The number of nitrogens with zero attached hydrogens (tertiary/aromatic N) is 1. The average Bonchev–Trinajstić information content (AvgIpc) is 3.26. The van der Waals surface area contributed by atoms with Crippen molar-refractivity contribution in [1.29, 1.82) is 0 Å². The fourth-order valence-electron chi connectivity index (χ4n) is 3.38. The highest BCUT2D eigenvalue weighted by Gasteiger charge is 2.33. The summed E-state index contributed by atoms with van der Waals surface area (Å²) in [7, 11) is 1.56. The number of likely N-dealkylation sites (tertiary alicyclic amines) is 1. The Morgan fingerprint density at radius 1 is 1.14 bits per heavy atom. The van der Waals surface area contributed by atoms with Gasteiger partial charge in [-0.3, -0.25) is 14.4 Å². The molecule has 0 saturated carbocycles. The molecule has 0 radical (unpaired) electrons. The van der Waals surface area contributed by atoms with E-state index in [2.05, 4.69) is 10.6 Å². The van der Waals surface area contributed by atoms with Crippen LogP contribution in [-0.4, -0.2) is 66.9 Å². The van der Waals surface area contributed by atoms with Gasteiger partial charge in [0.1, 0.15) is 11.8 Å². The number of amides is 3. The third-order valence-electron chi connectivity index (χ3n) is 4.91. The summed E-state index contributed by atoms with van der Waals surface area (Å²) in [5, 5.41) is 5.15. The summed E-state index contributed by atoms with van der Waals surface area (Å²) in [6, 6.07) is 7.39. The minimum absolute atomic E-state index is 0.134. The molecule has 3 amide bonds. The number of benzene rings is 1. The number of rotatable bonds is 7. The number of thioether (sulfide) groups is 2. The monoisotopic (exact) mass is 437 g/mol. The second-order valence-electron chi connectivity index (χ2n) is 6.92. The molecule has 7 nitrogen and oxygen atoms in total. The molecule has 2 aliphatic rings. The Morgan fingerprint density at radius 2 is 1.86 bits per heavy atom. The quantitative estimate of drug-likeness (QED) is 0.676. The summed E-state index contributed by atoms with van der Waals surface area (Å²) < 4.78 is 6.00. The van der Waals surface area contributed by atoms with Gasteiger partial charge in [0, 0.05) is 13.6 Å². The zero-order chi connectivity index (χ0) is 20.6. The minimum Gasteiger partial charge on any atom is -0.484 e. The van der Waals surface area contributed by atoms with Crippen molar-refractivity contribution in [3.63, 3.8) is 0 Å². The van der Waals surface area contributed by atoms with Crippen LogP contribution in [0.1, 0.15) is 29.4 Å². The van der Waals surface area contributed by atoms with Gasteiger partial charge in [-0.25, -0.2) is 0 Å². The molecule has 2 saturated heterocycles. The Morgan fingerprint density at radius 3 is 2.55 bits per heavy atom. The molecule has 29 heavy (non-hydrogen) atoms. The van der Waals surface area contributed by atoms with E-state index in [1.165, 1.54) is 28.4 Å². The first-order valence-electron chi connectivity index (χ1n) is 9.82. The number of hydrogen-bond donors (Lipinski definition) is 2. The smallest absolute Gasteiger partial charge is 0.258 e. The van der Waals surface area contributed by atoms with Crippen molar-refractivity contribution in [2.75, 3.05) is 38.2 Å². The molecule has 3 rings (SSSR count). The Hall–Kier alpha value is -1.87. The summed E-state index contributed by atoms with van der Waals surface area (Å²) in [5.74, 6) is 2.22. The van der Waals surface area contributed by atoms with Gasteiger partial charge in [-0.15, -0.1) is 23.5 Å². The van der Waals surface area contributed by atoms with Crippen LogP contribution in [0.15, 0.2) is 24.3 Å². The van der Waals surface area contributed by atoms with Gasteiger partial charge >= 0.3 is 0 Å². The van der Waals surface area contributed by atoms with E-state index in [4.69, 9.17) is 4.74 Å². The number of likely N-dealkylation sites (N-methyl/N-ethyl adjacent to an activating group) is 1. The average molecular weight is 438 g/mol. The van der Waals surface area contributed by atoms with Crippen LogP contribution in [0.25, 0.3) is 0 Å². The molecule has 9 heteroatoms. The van der Waals surface area contributed by atoms with Crippen LogP contribution in [0, 0.1) is 0 Å². The van der Waals surface area contributed by atoms with Gasteiger partial charge < -0.3 is 20.3 Å². The van der Waals surface area contributed by atoms with Crippen LogP contribution in [0.4, 0.5) is 0 Å². The van der Waals surface area contributed by atoms with E-state index in [1.54, 1.807) is 7.05 Å². The molecule has 0 aliphatic carbocycles. The Labute approximate surface area is 179 Å². The maximum atomic E-state index is 12.3. The predicted molar refractivity (Wildman–Crippen MR) is 116 cm³/mol. The normalized spacial score (nSPS) is 19.6. The van der Waals surface area contributed by atoms with E-state index in [0.29, 0.717) is 23.3 Å². The maximum Gasteiger partial charge on any atom is 0.258 e. The topological polar surface area (TPSA) is 87.7 Å². The molecule has 1 atom stereocenters. The number of nitrogens with one attached hydrogen (secondary N) is 2. The largest absolute Gasteiger partial charge is 0.484 e. The minimum atomic E-state index is -0.445. The van der Waals surface area contributed by atoms with Crippen molar-refractivity contribution < 1.29 is 19.1 Å². The van der Waals surface area contributed by atoms with Crippen molar-refractivity contribution in [3.8, 4) is 5.75 Å². The van der Waals surface area contributed by atoms with E-state index in [0.717, 1.165) is 6.42 Å². The van der Waals surface area contributed by atoms with Crippen molar-refractivity contribution in [1.82, 2.24) is 15.5 Å². The summed E-state index contributed by atoms with van der Waals surface area (Å²) in [6.07, 6.45) is 2.69. The molecule has 1 aromatic rings. The lowest BCUT2D eigenvalue weighted by Crippen LogP contribution is -2.48. The number of carbonyl (C=O) groups excluding carboxylic acids is 3. The fraction of sp³-hybridized carbons (Fsp3) is 0.550. The molecule has 1 unspecified atom stereocenters. The third kappa shape index (κ3) is 6.05. The molecule has 2 heterocycles. The SMILES string of the molecule is CNC(=O)C1CCCN1C(=O)CNC(=O)COc1ccc(C2SCCCS2)cc1. The number of hydrogen-bond acceptors (Lipinski definition) is 6. The maximum absolute atomic E-state index is 12.3. The lowest BCUT2D eigenvalue weighted by molar-refractivity contribution is -0.138. The molecule has 0 spiro atoms. The highest BCUT2D eigenvalue weighted by molar-refractivity contribution is 8.16. The van der Waals surface area contributed by atoms with Crippen molar-refractivity contribution in [3.05, 3.63) is 29.8 Å². The summed E-state index contributed by atoms with van der Waals surface area (Å²) in [6.45, 7) is 0.246. The zero-order valence-electron chi connectivity index (χ0n) is 16.5. The van der Waals surface area contributed by atoms with Crippen LogP contribution in [0.5, 0.6) is 5.75 Å². The van der Waals surface area contributed by atoms with Crippen molar-refractivity contribution in [2.45, 2.75) is 29.9 Å². The van der Waals surface area contributed by atoms with Gasteiger partial charge in [-0.1, -0.05) is 12.1 Å². The first kappa shape index (κ1) is 21.8. The van der Waals surface area contributed by atoms with Crippen molar-refractivity contribution >= 4 is 41.2 Å². The van der Waals surface area contributed by atoms with E-state index in [9.17, 15) is 14.4 Å². The Bertz CT molecular complexity index is 723. The van der Waals surface area contributed by atoms with E-state index >= 15 is 0 Å². The molecule has 0 bridgehead atoms. The number of carbonyl (C=O) groups is 3. The second kappa shape index (κ2) is 10.8. The Balaban J connectivity index is 1.40. The van der Waals surface area contributed by atoms with Gasteiger partial charge in [0.15, 0.2) is 6.61 Å². The van der Waals surface area contributed by atoms with Gasteiger partial charge in [-0.05, 0) is 48.5 Å². The third-order valence-corrected chi connectivity index (χ3v) is 7.92. The first-order chi connectivity index (χ1) is 14.1. The lowest BCUT2D eigenvalue weighted by atomic mass is 10.2. The highest BCUT2D eigenvalue weighted by Crippen LogP contribution is 2.43. The highest BCUT2D eigenvalue weighted by atomic mass is 32.2. The van der Waals surface area contributed by atoms with Gasteiger partial charge in [-0.2, -0.15) is 0 Å². The number of ether oxygens (including phenoxy) is 1. The van der Waals surface area contributed by atoms with Gasteiger partial charge in [0.05, 0.1) is 11.1 Å². The molecule has 1 aromatic carbocycles. The summed E-state index contributed by atoms with van der Waals surface area (Å²) >= 11 is 3.92. The van der Waals surface area contributed by atoms with Crippen molar-refractivity contribution in [2.24, 2.45) is 0 Å². The molecule has 0 aromatic heterocycles. The molecular weight excluding hydrogens is 410 g/mol. The predicted octanol–water partition coefficient (Wildman–Crippen LogP) is 1.79. The molecular formula is C20H27N3O4S2. The molecule has 158 valence electrons. The van der Waals surface area contributed by atoms with Crippen LogP contribution >= 0.6 is 23.5 Å². The van der Waals surface area contributed by atoms with E-state index < -0.39 is 6.04 Å².